The van der Waals surface area contributed by atoms with Crippen LogP contribution >= 0.6 is 0 Å². The van der Waals surface area contributed by atoms with E-state index in [1.165, 1.54) is 10.6 Å². The lowest BCUT2D eigenvalue weighted by molar-refractivity contribution is -0.137. The van der Waals surface area contributed by atoms with E-state index in [1.54, 1.807) is 30.7 Å². The minimum atomic E-state index is -4.38. The number of fused-ring (bicyclic) bond motifs is 3. The Kier molecular flexibility index (Phi) is 2.84. The van der Waals surface area contributed by atoms with Crippen LogP contribution < -0.4 is 0 Å². The number of pyridine rings is 1. The fraction of sp³-hybridized carbons (Fsp3) is 0.0625. The van der Waals surface area contributed by atoms with E-state index in [9.17, 15) is 13.2 Å². The average molecular weight is 314 g/mol. The van der Waals surface area contributed by atoms with Crippen LogP contribution in [0.5, 0.6) is 0 Å². The number of nitrogens with zero attached hydrogens (tertiary/aromatic N) is 4. The lowest BCUT2D eigenvalue weighted by Crippen LogP contribution is -2.04. The average Bonchev–Trinajstić information content (AvgIpc) is 2.92. The highest BCUT2D eigenvalue weighted by molar-refractivity contribution is 5.89. The normalized spacial score (nSPS) is 12.1. The smallest absolute Gasteiger partial charge is 0.236 e. The summed E-state index contributed by atoms with van der Waals surface area (Å²) in [5.41, 5.74) is 1.45. The van der Waals surface area contributed by atoms with Gasteiger partial charge in [-0.3, -0.25) is 0 Å². The molecule has 0 radical (unpaired) electrons. The molecule has 3 aromatic heterocycles. The van der Waals surface area contributed by atoms with Gasteiger partial charge in [0.15, 0.2) is 11.3 Å². The third-order valence-electron chi connectivity index (χ3n) is 3.56. The fourth-order valence-corrected chi connectivity index (χ4v) is 2.46. The zero-order chi connectivity index (χ0) is 16.0. The predicted molar refractivity (Wildman–Crippen MR) is 78.7 cm³/mol. The second-order valence-corrected chi connectivity index (χ2v) is 5.06. The van der Waals surface area contributed by atoms with Crippen molar-refractivity contribution in [3.05, 3.63) is 60.6 Å². The summed E-state index contributed by atoms with van der Waals surface area (Å²) in [6.07, 6.45) is 0.443. The molecule has 0 aliphatic carbocycles. The molecule has 0 unspecified atom stereocenters. The SMILES string of the molecule is FC(F)(F)c1cccc(-c2cnc3c4cccnc4nn3c2)c1. The van der Waals surface area contributed by atoms with E-state index < -0.39 is 11.7 Å². The van der Waals surface area contributed by atoms with Crippen LogP contribution in [0, 0.1) is 0 Å². The number of aromatic nitrogens is 4. The lowest BCUT2D eigenvalue weighted by Gasteiger charge is -2.08. The third-order valence-corrected chi connectivity index (χ3v) is 3.56. The molecule has 23 heavy (non-hydrogen) atoms. The monoisotopic (exact) mass is 314 g/mol. The highest BCUT2D eigenvalue weighted by Gasteiger charge is 2.30. The van der Waals surface area contributed by atoms with Gasteiger partial charge in [-0.05, 0) is 29.8 Å². The maximum Gasteiger partial charge on any atom is 0.416 e. The Morgan fingerprint density at radius 2 is 1.83 bits per heavy atom. The fourth-order valence-electron chi connectivity index (χ4n) is 2.46. The molecule has 0 N–H and O–H groups in total. The summed E-state index contributed by atoms with van der Waals surface area (Å²) in [5, 5.41) is 5.09. The first-order valence-electron chi connectivity index (χ1n) is 6.79. The summed E-state index contributed by atoms with van der Waals surface area (Å²) in [5.74, 6) is 0. The van der Waals surface area contributed by atoms with Crippen molar-refractivity contribution < 1.29 is 13.2 Å². The van der Waals surface area contributed by atoms with Crippen LogP contribution in [-0.4, -0.2) is 19.6 Å². The first-order chi connectivity index (χ1) is 11.0. The topological polar surface area (TPSA) is 43.1 Å². The van der Waals surface area contributed by atoms with Crippen LogP contribution in [0.2, 0.25) is 0 Å². The maximum atomic E-state index is 12.8. The quantitative estimate of drug-likeness (QED) is 0.534. The van der Waals surface area contributed by atoms with Crippen molar-refractivity contribution in [3.8, 4) is 11.1 Å². The Morgan fingerprint density at radius 1 is 0.957 bits per heavy atom. The minimum Gasteiger partial charge on any atom is -0.236 e. The van der Waals surface area contributed by atoms with E-state index in [-0.39, 0.29) is 0 Å². The molecule has 7 heteroatoms. The van der Waals surface area contributed by atoms with E-state index in [0.717, 1.165) is 17.5 Å². The van der Waals surface area contributed by atoms with Gasteiger partial charge < -0.3 is 0 Å². The molecule has 1 aromatic carbocycles. The molecular weight excluding hydrogens is 305 g/mol. The Bertz CT molecular complexity index is 1020. The van der Waals surface area contributed by atoms with Gasteiger partial charge >= 0.3 is 6.18 Å². The molecule has 0 amide bonds. The molecule has 3 heterocycles. The number of rotatable bonds is 1. The van der Waals surface area contributed by atoms with Gasteiger partial charge in [-0.25, -0.2) is 14.5 Å². The summed E-state index contributed by atoms with van der Waals surface area (Å²) in [6, 6.07) is 8.77. The zero-order valence-corrected chi connectivity index (χ0v) is 11.6. The van der Waals surface area contributed by atoms with Crippen molar-refractivity contribution in [2.24, 2.45) is 0 Å². The molecule has 0 spiro atoms. The van der Waals surface area contributed by atoms with Crippen LogP contribution in [0.3, 0.4) is 0 Å². The lowest BCUT2D eigenvalue weighted by atomic mass is 10.1. The Labute approximate surface area is 128 Å². The molecule has 4 aromatic rings. The number of hydrogen-bond acceptors (Lipinski definition) is 3. The van der Waals surface area contributed by atoms with Crippen molar-refractivity contribution in [1.29, 1.82) is 0 Å². The van der Waals surface area contributed by atoms with Crippen LogP contribution in [0.25, 0.3) is 27.8 Å². The van der Waals surface area contributed by atoms with E-state index in [2.05, 4.69) is 15.1 Å². The summed E-state index contributed by atoms with van der Waals surface area (Å²) in [7, 11) is 0. The Balaban J connectivity index is 1.88. The number of benzene rings is 1. The van der Waals surface area contributed by atoms with Crippen molar-refractivity contribution in [3.63, 3.8) is 0 Å². The van der Waals surface area contributed by atoms with Crippen molar-refractivity contribution in [2.75, 3.05) is 0 Å². The maximum absolute atomic E-state index is 12.8. The van der Waals surface area contributed by atoms with E-state index >= 15 is 0 Å². The van der Waals surface area contributed by atoms with Gasteiger partial charge in [0, 0.05) is 24.2 Å². The second kappa shape index (κ2) is 4.77. The van der Waals surface area contributed by atoms with Gasteiger partial charge in [0.1, 0.15) is 0 Å². The van der Waals surface area contributed by atoms with Gasteiger partial charge in [-0.1, -0.05) is 12.1 Å². The molecular formula is C16H9F3N4. The highest BCUT2D eigenvalue weighted by Crippen LogP contribution is 2.32. The molecule has 0 saturated carbocycles. The summed E-state index contributed by atoms with van der Waals surface area (Å²) in [4.78, 5) is 8.46. The summed E-state index contributed by atoms with van der Waals surface area (Å²) < 4.78 is 40.0. The van der Waals surface area contributed by atoms with Crippen LogP contribution in [-0.2, 0) is 6.18 Å². The first kappa shape index (κ1) is 13.7. The molecule has 0 aliphatic heterocycles. The van der Waals surface area contributed by atoms with Crippen LogP contribution in [0.4, 0.5) is 13.2 Å². The van der Waals surface area contributed by atoms with E-state index in [0.29, 0.717) is 22.4 Å². The molecule has 4 nitrogen and oxygen atoms in total. The number of alkyl halides is 3. The molecule has 0 aliphatic rings. The molecule has 0 bridgehead atoms. The van der Waals surface area contributed by atoms with Gasteiger partial charge in [0.05, 0.1) is 10.9 Å². The highest BCUT2D eigenvalue weighted by atomic mass is 19.4. The molecule has 4 rings (SSSR count). The van der Waals surface area contributed by atoms with Crippen molar-refractivity contribution >= 4 is 16.7 Å². The Morgan fingerprint density at radius 3 is 2.65 bits per heavy atom. The zero-order valence-electron chi connectivity index (χ0n) is 11.6. The van der Waals surface area contributed by atoms with Gasteiger partial charge in [0.2, 0.25) is 0 Å². The van der Waals surface area contributed by atoms with Gasteiger partial charge in [-0.15, -0.1) is 5.10 Å². The largest absolute Gasteiger partial charge is 0.416 e. The predicted octanol–water partition coefficient (Wildman–Crippen LogP) is 3.96. The number of hydrogen-bond donors (Lipinski definition) is 0. The summed E-state index contributed by atoms with van der Waals surface area (Å²) >= 11 is 0. The standard InChI is InChI=1S/C16H9F3N4/c17-16(18,19)12-4-1-3-10(7-12)11-8-21-15-13-5-2-6-20-14(13)22-23(15)9-11/h1-9H. The second-order valence-electron chi connectivity index (χ2n) is 5.06. The molecule has 114 valence electrons. The van der Waals surface area contributed by atoms with Gasteiger partial charge in [-0.2, -0.15) is 13.2 Å². The summed E-state index contributed by atoms with van der Waals surface area (Å²) in [6.45, 7) is 0. The first-order valence-corrected chi connectivity index (χ1v) is 6.79. The van der Waals surface area contributed by atoms with Crippen molar-refractivity contribution in [2.45, 2.75) is 6.18 Å². The molecule has 0 saturated heterocycles. The number of halogens is 3. The van der Waals surface area contributed by atoms with Gasteiger partial charge in [0.25, 0.3) is 0 Å². The van der Waals surface area contributed by atoms with Crippen molar-refractivity contribution in [1.82, 2.24) is 19.6 Å². The van der Waals surface area contributed by atoms with Crippen LogP contribution in [0.1, 0.15) is 5.56 Å². The molecule has 0 atom stereocenters. The Hall–Kier alpha value is -2.96. The third kappa shape index (κ3) is 2.30. The van der Waals surface area contributed by atoms with E-state index in [1.807, 2.05) is 6.07 Å². The van der Waals surface area contributed by atoms with E-state index in [4.69, 9.17) is 0 Å². The minimum absolute atomic E-state index is 0.432. The molecule has 0 fully saturated rings. The van der Waals surface area contributed by atoms with Crippen LogP contribution in [0.15, 0.2) is 55.0 Å².